The summed E-state index contributed by atoms with van der Waals surface area (Å²) >= 11 is 7.43. The Hall–Kier alpha value is -0.710. The first kappa shape index (κ1) is 11.4. The highest BCUT2D eigenvalue weighted by Gasteiger charge is 2.13. The molecule has 0 spiro atoms. The quantitative estimate of drug-likeness (QED) is 0.615. The second-order valence-corrected chi connectivity index (χ2v) is 6.96. The third-order valence-electron chi connectivity index (χ3n) is 2.58. The van der Waals surface area contributed by atoms with E-state index in [4.69, 9.17) is 0 Å². The van der Waals surface area contributed by atoms with Crippen molar-refractivity contribution >= 4 is 48.0 Å². The fraction of sp³-hybridized carbons (Fsp3) is 0.154. The number of pyridine rings is 1. The molecule has 0 aliphatic rings. The van der Waals surface area contributed by atoms with Crippen molar-refractivity contribution in [3.63, 3.8) is 0 Å². The lowest BCUT2D eigenvalue weighted by molar-refractivity contribution is 0.920. The molecule has 0 fully saturated rings. The largest absolute Gasteiger partial charge is 0.261 e. The molecule has 1 unspecified atom stereocenters. The smallest absolute Gasteiger partial charge is 0.0545 e. The van der Waals surface area contributed by atoms with Crippen LogP contribution in [0.4, 0.5) is 0 Å². The van der Waals surface area contributed by atoms with E-state index in [1.54, 1.807) is 11.3 Å². The highest BCUT2D eigenvalue weighted by atomic mass is 79.9. The van der Waals surface area contributed by atoms with E-state index in [1.807, 2.05) is 29.7 Å². The topological polar surface area (TPSA) is 12.9 Å². The second kappa shape index (κ2) is 4.88. The lowest BCUT2D eigenvalue weighted by atomic mass is 10.2. The first-order valence-corrected chi connectivity index (χ1v) is 7.95. The van der Waals surface area contributed by atoms with E-state index >= 15 is 0 Å². The van der Waals surface area contributed by atoms with Crippen molar-refractivity contribution in [1.82, 2.24) is 4.98 Å². The highest BCUT2D eigenvalue weighted by molar-refractivity contribution is 9.09. The summed E-state index contributed by atoms with van der Waals surface area (Å²) in [5.41, 5.74) is 1.13. The van der Waals surface area contributed by atoms with E-state index in [1.165, 1.54) is 14.3 Å². The minimum absolute atomic E-state index is 0.363. The van der Waals surface area contributed by atoms with Gasteiger partial charge in [0.05, 0.1) is 4.83 Å². The average Bonchev–Trinajstić information content (AvgIpc) is 2.90. The summed E-state index contributed by atoms with van der Waals surface area (Å²) in [6.45, 7) is 0. The molecular formula is C13H10BrNS2. The van der Waals surface area contributed by atoms with Crippen molar-refractivity contribution in [1.29, 1.82) is 0 Å². The van der Waals surface area contributed by atoms with Gasteiger partial charge in [-0.15, -0.1) is 22.7 Å². The van der Waals surface area contributed by atoms with Crippen molar-refractivity contribution in [3.8, 4) is 0 Å². The van der Waals surface area contributed by atoms with Crippen LogP contribution >= 0.6 is 38.6 Å². The Morgan fingerprint density at radius 1 is 1.24 bits per heavy atom. The van der Waals surface area contributed by atoms with E-state index in [2.05, 4.69) is 44.5 Å². The number of halogens is 1. The van der Waals surface area contributed by atoms with E-state index in [0.717, 1.165) is 12.1 Å². The molecule has 1 nitrogen and oxygen atoms in total. The molecule has 0 saturated carbocycles. The van der Waals surface area contributed by atoms with E-state index in [0.29, 0.717) is 4.83 Å². The Balaban J connectivity index is 1.82. The Morgan fingerprint density at radius 2 is 2.18 bits per heavy atom. The maximum atomic E-state index is 4.36. The number of fused-ring (bicyclic) bond motifs is 1. The SMILES string of the molecule is BrC(Cc1ccccn1)c1cc2sccc2s1. The summed E-state index contributed by atoms with van der Waals surface area (Å²) in [6, 6.07) is 10.5. The number of nitrogens with zero attached hydrogens (tertiary/aromatic N) is 1. The first-order chi connectivity index (χ1) is 8.33. The maximum absolute atomic E-state index is 4.36. The predicted molar refractivity (Wildman–Crippen MR) is 79.3 cm³/mol. The third-order valence-corrected chi connectivity index (χ3v) is 5.91. The van der Waals surface area contributed by atoms with Crippen LogP contribution in [-0.4, -0.2) is 4.98 Å². The van der Waals surface area contributed by atoms with E-state index in [9.17, 15) is 0 Å². The van der Waals surface area contributed by atoms with Crippen LogP contribution in [0.25, 0.3) is 9.40 Å². The Kier molecular flexibility index (Phi) is 3.27. The van der Waals surface area contributed by atoms with Crippen LogP contribution in [0.5, 0.6) is 0 Å². The summed E-state index contributed by atoms with van der Waals surface area (Å²) in [7, 11) is 0. The number of aromatic nitrogens is 1. The summed E-state index contributed by atoms with van der Waals surface area (Å²) in [6.07, 6.45) is 2.79. The van der Waals surface area contributed by atoms with Gasteiger partial charge in [0.15, 0.2) is 0 Å². The number of hydrogen-bond acceptors (Lipinski definition) is 3. The molecule has 3 rings (SSSR count). The lowest BCUT2D eigenvalue weighted by Crippen LogP contribution is -1.94. The number of thiophene rings is 2. The summed E-state index contributed by atoms with van der Waals surface area (Å²) < 4.78 is 2.77. The molecule has 0 radical (unpaired) electrons. The first-order valence-electron chi connectivity index (χ1n) is 5.34. The molecule has 4 heteroatoms. The fourth-order valence-electron chi connectivity index (χ4n) is 1.74. The van der Waals surface area contributed by atoms with Gasteiger partial charge in [-0.3, -0.25) is 4.98 Å². The zero-order valence-corrected chi connectivity index (χ0v) is 12.2. The lowest BCUT2D eigenvalue weighted by Gasteiger charge is -2.06. The zero-order valence-electron chi connectivity index (χ0n) is 8.97. The standard InChI is InChI=1S/C13H10BrNS2/c14-10(7-9-3-1-2-5-15-9)12-8-13-11(17-12)4-6-16-13/h1-6,8,10H,7H2. The molecule has 3 aromatic heterocycles. The summed E-state index contributed by atoms with van der Waals surface area (Å²) in [4.78, 5) is 6.11. The van der Waals surface area contributed by atoms with Gasteiger partial charge in [0, 0.05) is 32.6 Å². The van der Waals surface area contributed by atoms with Gasteiger partial charge in [-0.2, -0.15) is 0 Å². The van der Waals surface area contributed by atoms with Gasteiger partial charge in [-0.1, -0.05) is 22.0 Å². The monoisotopic (exact) mass is 323 g/mol. The van der Waals surface area contributed by atoms with Crippen molar-refractivity contribution in [3.05, 3.63) is 52.5 Å². The molecule has 0 aromatic carbocycles. The predicted octanol–water partition coefficient (Wildman–Crippen LogP) is 5.04. The number of hydrogen-bond donors (Lipinski definition) is 0. The third kappa shape index (κ3) is 2.44. The molecule has 0 bridgehead atoms. The molecule has 0 saturated heterocycles. The van der Waals surface area contributed by atoms with Gasteiger partial charge in [0.1, 0.15) is 0 Å². The number of alkyl halides is 1. The molecule has 86 valence electrons. The van der Waals surface area contributed by atoms with E-state index in [-0.39, 0.29) is 0 Å². The van der Waals surface area contributed by atoms with Gasteiger partial charge < -0.3 is 0 Å². The van der Waals surface area contributed by atoms with Crippen molar-refractivity contribution in [2.75, 3.05) is 0 Å². The van der Waals surface area contributed by atoms with E-state index < -0.39 is 0 Å². The molecule has 3 aromatic rings. The van der Waals surface area contributed by atoms with Crippen LogP contribution in [0.3, 0.4) is 0 Å². The van der Waals surface area contributed by atoms with Gasteiger partial charge >= 0.3 is 0 Å². The van der Waals surface area contributed by atoms with Gasteiger partial charge in [0.25, 0.3) is 0 Å². The van der Waals surface area contributed by atoms with Crippen molar-refractivity contribution in [2.24, 2.45) is 0 Å². The molecule has 0 amide bonds. The van der Waals surface area contributed by atoms with Crippen LogP contribution in [0.15, 0.2) is 41.9 Å². The highest BCUT2D eigenvalue weighted by Crippen LogP contribution is 2.37. The molecule has 3 heterocycles. The van der Waals surface area contributed by atoms with Crippen LogP contribution in [0.1, 0.15) is 15.4 Å². The molecular weight excluding hydrogens is 314 g/mol. The molecule has 1 atom stereocenters. The van der Waals surface area contributed by atoms with Crippen LogP contribution < -0.4 is 0 Å². The Bertz CT molecular complexity index is 586. The Labute approximate surface area is 116 Å². The Morgan fingerprint density at radius 3 is 2.94 bits per heavy atom. The van der Waals surface area contributed by atoms with Gasteiger partial charge in [-0.05, 0) is 29.6 Å². The number of rotatable bonds is 3. The van der Waals surface area contributed by atoms with Crippen LogP contribution in [0, 0.1) is 0 Å². The van der Waals surface area contributed by atoms with Crippen molar-refractivity contribution in [2.45, 2.75) is 11.2 Å². The average molecular weight is 324 g/mol. The van der Waals surface area contributed by atoms with Crippen LogP contribution in [-0.2, 0) is 6.42 Å². The minimum atomic E-state index is 0.363. The minimum Gasteiger partial charge on any atom is -0.261 e. The fourth-order valence-corrected chi connectivity index (χ4v) is 4.58. The maximum Gasteiger partial charge on any atom is 0.0545 e. The van der Waals surface area contributed by atoms with Crippen molar-refractivity contribution < 1.29 is 0 Å². The molecule has 17 heavy (non-hydrogen) atoms. The van der Waals surface area contributed by atoms with Crippen LogP contribution in [0.2, 0.25) is 0 Å². The second-order valence-electron chi connectivity index (χ2n) is 3.79. The molecule has 0 N–H and O–H groups in total. The molecule has 0 aliphatic carbocycles. The summed E-state index contributed by atoms with van der Waals surface area (Å²) in [5, 5.41) is 2.15. The normalized spacial score (nSPS) is 13.0. The van der Waals surface area contributed by atoms with Gasteiger partial charge in [-0.25, -0.2) is 0 Å². The van der Waals surface area contributed by atoms with Gasteiger partial charge in [0.2, 0.25) is 0 Å². The molecule has 0 aliphatic heterocycles. The zero-order chi connectivity index (χ0) is 11.7. The summed E-state index contributed by atoms with van der Waals surface area (Å²) in [5.74, 6) is 0.